The van der Waals surface area contributed by atoms with E-state index < -0.39 is 12.0 Å². The SMILES string of the molecule is O=C(O)[C@@H]1Cc2ccccc2CN1C(=O)CCN1CCOCC1. The third kappa shape index (κ3) is 3.71. The Morgan fingerprint density at radius 3 is 2.57 bits per heavy atom. The zero-order chi connectivity index (χ0) is 16.2. The summed E-state index contributed by atoms with van der Waals surface area (Å²) in [6.45, 7) is 4.10. The average Bonchev–Trinajstić information content (AvgIpc) is 2.59. The molecule has 1 atom stereocenters. The van der Waals surface area contributed by atoms with Crippen LogP contribution in [0.2, 0.25) is 0 Å². The van der Waals surface area contributed by atoms with Gasteiger partial charge in [-0.2, -0.15) is 0 Å². The van der Waals surface area contributed by atoms with Gasteiger partial charge in [0, 0.05) is 39.0 Å². The van der Waals surface area contributed by atoms with Crippen molar-refractivity contribution in [3.63, 3.8) is 0 Å². The summed E-state index contributed by atoms with van der Waals surface area (Å²) in [7, 11) is 0. The number of benzene rings is 1. The van der Waals surface area contributed by atoms with Crippen molar-refractivity contribution in [2.75, 3.05) is 32.8 Å². The molecule has 2 aliphatic heterocycles. The predicted octanol–water partition coefficient (Wildman–Crippen LogP) is 0.747. The van der Waals surface area contributed by atoms with Gasteiger partial charge in [-0.3, -0.25) is 9.69 Å². The summed E-state index contributed by atoms with van der Waals surface area (Å²) in [5, 5.41) is 9.48. The third-order valence-electron chi connectivity index (χ3n) is 4.60. The van der Waals surface area contributed by atoms with Crippen molar-refractivity contribution in [3.8, 4) is 0 Å². The smallest absolute Gasteiger partial charge is 0.326 e. The molecule has 0 aromatic heterocycles. The third-order valence-corrected chi connectivity index (χ3v) is 4.60. The normalized spacial score (nSPS) is 21.7. The lowest BCUT2D eigenvalue weighted by molar-refractivity contribution is -0.151. The minimum atomic E-state index is -0.931. The summed E-state index contributed by atoms with van der Waals surface area (Å²) in [6.07, 6.45) is 0.737. The molecular formula is C17H22N2O4. The number of nitrogens with zero attached hydrogens (tertiary/aromatic N) is 2. The van der Waals surface area contributed by atoms with Crippen LogP contribution >= 0.6 is 0 Å². The molecule has 6 heteroatoms. The second kappa shape index (κ2) is 7.10. The van der Waals surface area contributed by atoms with Crippen LogP contribution in [0.15, 0.2) is 24.3 Å². The van der Waals surface area contributed by atoms with E-state index in [0.29, 0.717) is 39.1 Å². The Labute approximate surface area is 135 Å². The Morgan fingerprint density at radius 2 is 1.87 bits per heavy atom. The number of amides is 1. The van der Waals surface area contributed by atoms with Crippen LogP contribution in [0.25, 0.3) is 0 Å². The fourth-order valence-electron chi connectivity index (χ4n) is 3.23. The molecule has 1 fully saturated rings. The van der Waals surface area contributed by atoms with E-state index in [0.717, 1.165) is 24.2 Å². The van der Waals surface area contributed by atoms with Crippen LogP contribution in [0.1, 0.15) is 17.5 Å². The summed E-state index contributed by atoms with van der Waals surface area (Å²) < 4.78 is 5.30. The first kappa shape index (κ1) is 16.0. The molecule has 0 spiro atoms. The van der Waals surface area contributed by atoms with Crippen LogP contribution in [0.4, 0.5) is 0 Å². The molecule has 0 radical (unpaired) electrons. The quantitative estimate of drug-likeness (QED) is 0.887. The molecule has 3 rings (SSSR count). The lowest BCUT2D eigenvalue weighted by atomic mass is 9.93. The van der Waals surface area contributed by atoms with Gasteiger partial charge in [0.05, 0.1) is 13.2 Å². The number of carboxylic acids is 1. The Hall–Kier alpha value is -1.92. The number of morpholine rings is 1. The summed E-state index contributed by atoms with van der Waals surface area (Å²) >= 11 is 0. The second-order valence-corrected chi connectivity index (χ2v) is 6.05. The van der Waals surface area contributed by atoms with Crippen molar-refractivity contribution in [1.29, 1.82) is 0 Å². The number of hydrogen-bond acceptors (Lipinski definition) is 4. The van der Waals surface area contributed by atoms with Crippen molar-refractivity contribution in [2.24, 2.45) is 0 Å². The zero-order valence-corrected chi connectivity index (χ0v) is 13.1. The van der Waals surface area contributed by atoms with Gasteiger partial charge in [0.15, 0.2) is 0 Å². The molecular weight excluding hydrogens is 296 g/mol. The summed E-state index contributed by atoms with van der Waals surface area (Å²) in [5.41, 5.74) is 2.07. The number of hydrogen-bond donors (Lipinski definition) is 1. The van der Waals surface area contributed by atoms with Gasteiger partial charge in [-0.25, -0.2) is 4.79 Å². The first-order chi connectivity index (χ1) is 11.1. The topological polar surface area (TPSA) is 70.1 Å². The number of rotatable bonds is 4. The maximum Gasteiger partial charge on any atom is 0.326 e. The largest absolute Gasteiger partial charge is 0.480 e. The minimum absolute atomic E-state index is 0.0848. The Bertz CT molecular complexity index is 584. The minimum Gasteiger partial charge on any atom is -0.480 e. The van der Waals surface area contributed by atoms with Gasteiger partial charge in [0.1, 0.15) is 6.04 Å². The summed E-state index contributed by atoms with van der Waals surface area (Å²) in [6, 6.07) is 6.99. The summed E-state index contributed by atoms with van der Waals surface area (Å²) in [4.78, 5) is 27.8. The molecule has 2 heterocycles. The molecule has 0 saturated carbocycles. The number of aliphatic carboxylic acids is 1. The van der Waals surface area contributed by atoms with Crippen molar-refractivity contribution < 1.29 is 19.4 Å². The molecule has 124 valence electrons. The Balaban J connectivity index is 1.66. The highest BCUT2D eigenvalue weighted by molar-refractivity contribution is 5.84. The highest BCUT2D eigenvalue weighted by atomic mass is 16.5. The van der Waals surface area contributed by atoms with Crippen molar-refractivity contribution in [3.05, 3.63) is 35.4 Å². The monoisotopic (exact) mass is 318 g/mol. The summed E-state index contributed by atoms with van der Waals surface area (Å²) in [5.74, 6) is -1.02. The molecule has 2 aliphatic rings. The second-order valence-electron chi connectivity index (χ2n) is 6.05. The molecule has 0 unspecified atom stereocenters. The van der Waals surface area contributed by atoms with Crippen LogP contribution in [-0.2, 0) is 27.3 Å². The van der Waals surface area contributed by atoms with Gasteiger partial charge in [0.25, 0.3) is 0 Å². The lowest BCUT2D eigenvalue weighted by Gasteiger charge is -2.35. The zero-order valence-electron chi connectivity index (χ0n) is 13.1. The first-order valence-electron chi connectivity index (χ1n) is 8.04. The average molecular weight is 318 g/mol. The van der Waals surface area contributed by atoms with Gasteiger partial charge < -0.3 is 14.7 Å². The highest BCUT2D eigenvalue weighted by Gasteiger charge is 2.34. The fraction of sp³-hybridized carbons (Fsp3) is 0.529. The predicted molar refractivity (Wildman–Crippen MR) is 84.0 cm³/mol. The molecule has 23 heavy (non-hydrogen) atoms. The van der Waals surface area contributed by atoms with Crippen LogP contribution in [0, 0.1) is 0 Å². The lowest BCUT2D eigenvalue weighted by Crippen LogP contribution is -2.49. The molecule has 1 aromatic rings. The van der Waals surface area contributed by atoms with Gasteiger partial charge >= 0.3 is 5.97 Å². The maximum atomic E-state index is 12.6. The van der Waals surface area contributed by atoms with Gasteiger partial charge in [-0.05, 0) is 11.1 Å². The van der Waals surface area contributed by atoms with Crippen LogP contribution in [0.3, 0.4) is 0 Å². The van der Waals surface area contributed by atoms with E-state index >= 15 is 0 Å². The van der Waals surface area contributed by atoms with E-state index in [1.54, 1.807) is 0 Å². The van der Waals surface area contributed by atoms with E-state index in [-0.39, 0.29) is 5.91 Å². The van der Waals surface area contributed by atoms with Crippen molar-refractivity contribution in [2.45, 2.75) is 25.4 Å². The Kier molecular flexibility index (Phi) is 4.93. The standard InChI is InChI=1S/C17H22N2O4/c20-16(5-6-18-7-9-23-10-8-18)19-12-14-4-2-1-3-13(14)11-15(19)17(21)22/h1-4,15H,5-12H2,(H,21,22)/t15-/m0/s1. The van der Waals surface area contributed by atoms with Crippen molar-refractivity contribution >= 4 is 11.9 Å². The number of fused-ring (bicyclic) bond motifs is 1. The molecule has 0 bridgehead atoms. The van der Waals surface area contributed by atoms with Crippen LogP contribution in [-0.4, -0.2) is 65.7 Å². The molecule has 1 amide bonds. The fourth-order valence-corrected chi connectivity index (χ4v) is 3.23. The number of carbonyl (C=O) groups excluding carboxylic acids is 1. The molecule has 1 aromatic carbocycles. The maximum absolute atomic E-state index is 12.6. The molecule has 6 nitrogen and oxygen atoms in total. The van der Waals surface area contributed by atoms with E-state index in [2.05, 4.69) is 4.90 Å². The van der Waals surface area contributed by atoms with Crippen molar-refractivity contribution in [1.82, 2.24) is 9.80 Å². The number of carboxylic acid groups (broad SMARTS) is 1. The highest BCUT2D eigenvalue weighted by Crippen LogP contribution is 2.24. The molecule has 1 N–H and O–H groups in total. The van der Waals surface area contributed by atoms with Crippen LogP contribution in [0.5, 0.6) is 0 Å². The van der Waals surface area contributed by atoms with Crippen LogP contribution < -0.4 is 0 Å². The van der Waals surface area contributed by atoms with E-state index in [4.69, 9.17) is 4.74 Å². The Morgan fingerprint density at radius 1 is 1.17 bits per heavy atom. The molecule has 1 saturated heterocycles. The first-order valence-corrected chi connectivity index (χ1v) is 8.04. The number of ether oxygens (including phenoxy) is 1. The van der Waals surface area contributed by atoms with E-state index in [1.807, 2.05) is 24.3 Å². The van der Waals surface area contributed by atoms with Gasteiger partial charge in [0.2, 0.25) is 5.91 Å². The van der Waals surface area contributed by atoms with E-state index in [1.165, 1.54) is 4.90 Å². The van der Waals surface area contributed by atoms with E-state index in [9.17, 15) is 14.7 Å². The number of carbonyl (C=O) groups is 2. The van der Waals surface area contributed by atoms with Gasteiger partial charge in [-0.15, -0.1) is 0 Å². The van der Waals surface area contributed by atoms with Gasteiger partial charge in [-0.1, -0.05) is 24.3 Å². The molecule has 0 aliphatic carbocycles.